The number of benzene rings is 1. The normalized spacial score (nSPS) is 11.0. The minimum Gasteiger partial charge on any atom is -0.357 e. The summed E-state index contributed by atoms with van der Waals surface area (Å²) in [5.41, 5.74) is 1.85. The van der Waals surface area contributed by atoms with Gasteiger partial charge in [-0.05, 0) is 17.7 Å². The second kappa shape index (κ2) is 5.01. The SMILES string of the molecule is CNc1ncc2c(n1)n(C)c(=O)n2Cc1ccc(F)cc1. The predicted molar refractivity (Wildman–Crippen MR) is 77.8 cm³/mol. The predicted octanol–water partition coefficient (Wildman–Crippen LogP) is 1.36. The fraction of sp³-hybridized carbons (Fsp3) is 0.214. The number of fused-ring (bicyclic) bond motifs is 1. The van der Waals surface area contributed by atoms with Gasteiger partial charge in [0.25, 0.3) is 0 Å². The highest BCUT2D eigenvalue weighted by Gasteiger charge is 2.13. The van der Waals surface area contributed by atoms with Crippen molar-refractivity contribution in [2.75, 3.05) is 12.4 Å². The Bertz CT molecular complexity index is 850. The molecule has 0 saturated carbocycles. The molecule has 0 aliphatic heterocycles. The van der Waals surface area contributed by atoms with E-state index in [2.05, 4.69) is 15.3 Å². The van der Waals surface area contributed by atoms with Crippen molar-refractivity contribution in [2.45, 2.75) is 6.54 Å². The first kappa shape index (κ1) is 13.3. The Morgan fingerprint density at radius 3 is 2.67 bits per heavy atom. The third-order valence-electron chi connectivity index (χ3n) is 3.35. The zero-order valence-electron chi connectivity index (χ0n) is 11.7. The first-order valence-electron chi connectivity index (χ1n) is 6.44. The van der Waals surface area contributed by atoms with E-state index in [1.165, 1.54) is 16.7 Å². The van der Waals surface area contributed by atoms with Gasteiger partial charge in [-0.3, -0.25) is 9.13 Å². The van der Waals surface area contributed by atoms with Crippen LogP contribution in [0.5, 0.6) is 0 Å². The highest BCUT2D eigenvalue weighted by atomic mass is 19.1. The lowest BCUT2D eigenvalue weighted by Gasteiger charge is -2.03. The van der Waals surface area contributed by atoms with Crippen LogP contribution in [0.3, 0.4) is 0 Å². The van der Waals surface area contributed by atoms with Gasteiger partial charge >= 0.3 is 5.69 Å². The molecule has 6 nitrogen and oxygen atoms in total. The van der Waals surface area contributed by atoms with E-state index in [1.54, 1.807) is 37.0 Å². The van der Waals surface area contributed by atoms with E-state index in [-0.39, 0.29) is 11.5 Å². The Hall–Kier alpha value is -2.70. The molecule has 0 bridgehead atoms. The van der Waals surface area contributed by atoms with Crippen LogP contribution in [-0.4, -0.2) is 26.1 Å². The van der Waals surface area contributed by atoms with Crippen LogP contribution in [0.1, 0.15) is 5.56 Å². The first-order valence-corrected chi connectivity index (χ1v) is 6.44. The van der Waals surface area contributed by atoms with Gasteiger partial charge in [0.15, 0.2) is 5.65 Å². The lowest BCUT2D eigenvalue weighted by molar-refractivity contribution is 0.626. The Morgan fingerprint density at radius 2 is 2.00 bits per heavy atom. The average molecular weight is 287 g/mol. The second-order valence-electron chi connectivity index (χ2n) is 4.71. The number of aromatic nitrogens is 4. The molecule has 2 aromatic heterocycles. The van der Waals surface area contributed by atoms with Crippen LogP contribution in [-0.2, 0) is 13.6 Å². The lowest BCUT2D eigenvalue weighted by Crippen LogP contribution is -2.22. The summed E-state index contributed by atoms with van der Waals surface area (Å²) in [4.78, 5) is 20.8. The Labute approximate surface area is 119 Å². The number of hydrogen-bond donors (Lipinski definition) is 1. The monoisotopic (exact) mass is 287 g/mol. The Balaban J connectivity index is 2.12. The van der Waals surface area contributed by atoms with Crippen LogP contribution >= 0.6 is 0 Å². The molecular weight excluding hydrogens is 273 g/mol. The largest absolute Gasteiger partial charge is 0.357 e. The van der Waals surface area contributed by atoms with Crippen molar-refractivity contribution >= 4 is 17.1 Å². The lowest BCUT2D eigenvalue weighted by atomic mass is 10.2. The third-order valence-corrected chi connectivity index (χ3v) is 3.35. The van der Waals surface area contributed by atoms with Crippen molar-refractivity contribution in [1.82, 2.24) is 19.1 Å². The highest BCUT2D eigenvalue weighted by molar-refractivity contribution is 5.72. The summed E-state index contributed by atoms with van der Waals surface area (Å²) in [6.45, 7) is 0.346. The van der Waals surface area contributed by atoms with Crippen molar-refractivity contribution < 1.29 is 4.39 Å². The number of halogens is 1. The van der Waals surface area contributed by atoms with Gasteiger partial charge in [0.2, 0.25) is 5.95 Å². The Kier molecular flexibility index (Phi) is 3.17. The average Bonchev–Trinajstić information content (AvgIpc) is 2.74. The molecule has 0 amide bonds. The molecule has 1 aromatic carbocycles. The van der Waals surface area contributed by atoms with E-state index >= 15 is 0 Å². The van der Waals surface area contributed by atoms with Crippen molar-refractivity contribution in [3.05, 3.63) is 52.3 Å². The number of hydrogen-bond acceptors (Lipinski definition) is 4. The molecule has 0 fully saturated rings. The molecule has 0 aliphatic rings. The van der Waals surface area contributed by atoms with E-state index in [9.17, 15) is 9.18 Å². The number of imidazole rings is 1. The van der Waals surface area contributed by atoms with Crippen LogP contribution < -0.4 is 11.0 Å². The zero-order chi connectivity index (χ0) is 15.0. The topological polar surface area (TPSA) is 64.7 Å². The highest BCUT2D eigenvalue weighted by Crippen LogP contribution is 2.13. The molecule has 1 N–H and O–H groups in total. The van der Waals surface area contributed by atoms with E-state index < -0.39 is 0 Å². The third kappa shape index (κ3) is 2.26. The molecule has 108 valence electrons. The standard InChI is InChI=1S/C14H14FN5O/c1-16-13-17-7-11-12(18-13)19(2)14(21)20(11)8-9-3-5-10(15)6-4-9/h3-7H,8H2,1-2H3,(H,16,17,18). The molecule has 0 radical (unpaired) electrons. The maximum atomic E-state index is 12.9. The maximum absolute atomic E-state index is 12.9. The van der Waals surface area contributed by atoms with Crippen molar-refractivity contribution in [3.8, 4) is 0 Å². The summed E-state index contributed by atoms with van der Waals surface area (Å²) in [6, 6.07) is 6.06. The number of nitrogens with zero attached hydrogens (tertiary/aromatic N) is 4. The molecule has 21 heavy (non-hydrogen) atoms. The summed E-state index contributed by atoms with van der Waals surface area (Å²) in [5, 5.41) is 2.84. The molecular formula is C14H14FN5O. The van der Waals surface area contributed by atoms with Gasteiger partial charge < -0.3 is 5.32 Å². The molecule has 0 atom stereocenters. The molecule has 3 rings (SSSR count). The van der Waals surface area contributed by atoms with Crippen LogP contribution in [0.15, 0.2) is 35.3 Å². The number of nitrogens with one attached hydrogen (secondary N) is 1. The van der Waals surface area contributed by atoms with E-state index in [4.69, 9.17) is 0 Å². The van der Waals surface area contributed by atoms with Gasteiger partial charge in [-0.25, -0.2) is 14.2 Å². The Morgan fingerprint density at radius 1 is 1.29 bits per heavy atom. The van der Waals surface area contributed by atoms with Crippen molar-refractivity contribution in [3.63, 3.8) is 0 Å². The summed E-state index contributed by atoms with van der Waals surface area (Å²) < 4.78 is 16.0. The fourth-order valence-electron chi connectivity index (χ4n) is 2.22. The van der Waals surface area contributed by atoms with E-state index in [0.29, 0.717) is 23.7 Å². The molecule has 0 unspecified atom stereocenters. The van der Waals surface area contributed by atoms with Gasteiger partial charge in [0.05, 0.1) is 12.7 Å². The fourth-order valence-corrected chi connectivity index (χ4v) is 2.22. The van der Waals surface area contributed by atoms with Crippen LogP contribution in [0.25, 0.3) is 11.2 Å². The minimum atomic E-state index is -0.300. The smallest absolute Gasteiger partial charge is 0.330 e. The zero-order valence-corrected chi connectivity index (χ0v) is 11.7. The van der Waals surface area contributed by atoms with Crippen LogP contribution in [0, 0.1) is 5.82 Å². The number of rotatable bonds is 3. The molecule has 0 aliphatic carbocycles. The summed E-state index contributed by atoms with van der Waals surface area (Å²) in [5.74, 6) is 0.156. The molecule has 2 heterocycles. The molecule has 0 saturated heterocycles. The maximum Gasteiger partial charge on any atom is 0.330 e. The van der Waals surface area contributed by atoms with E-state index in [1.807, 2.05) is 0 Å². The quantitative estimate of drug-likeness (QED) is 0.790. The summed E-state index contributed by atoms with van der Waals surface area (Å²) in [6.07, 6.45) is 1.61. The number of anilines is 1. The van der Waals surface area contributed by atoms with E-state index in [0.717, 1.165) is 5.56 Å². The van der Waals surface area contributed by atoms with Gasteiger partial charge in [-0.15, -0.1) is 0 Å². The van der Waals surface area contributed by atoms with Gasteiger partial charge in [0, 0.05) is 14.1 Å². The molecule has 7 heteroatoms. The van der Waals surface area contributed by atoms with Gasteiger partial charge in [0.1, 0.15) is 11.3 Å². The van der Waals surface area contributed by atoms with Crippen LogP contribution in [0.2, 0.25) is 0 Å². The minimum absolute atomic E-state index is 0.183. The molecule has 0 spiro atoms. The summed E-state index contributed by atoms with van der Waals surface area (Å²) >= 11 is 0. The van der Waals surface area contributed by atoms with Crippen molar-refractivity contribution in [2.24, 2.45) is 7.05 Å². The first-order chi connectivity index (χ1) is 10.1. The van der Waals surface area contributed by atoms with Gasteiger partial charge in [-0.2, -0.15) is 4.98 Å². The summed E-state index contributed by atoms with van der Waals surface area (Å²) in [7, 11) is 3.38. The van der Waals surface area contributed by atoms with Crippen LogP contribution in [0.4, 0.5) is 10.3 Å². The molecule has 3 aromatic rings. The second-order valence-corrected chi connectivity index (χ2v) is 4.71. The van der Waals surface area contributed by atoms with Crippen molar-refractivity contribution in [1.29, 1.82) is 0 Å². The van der Waals surface area contributed by atoms with Gasteiger partial charge in [-0.1, -0.05) is 12.1 Å². The number of aryl methyl sites for hydroxylation is 1.